The van der Waals surface area contributed by atoms with E-state index in [1.807, 2.05) is 0 Å². The molecule has 0 aliphatic rings. The fourth-order valence-corrected chi connectivity index (χ4v) is 1.88. The summed E-state index contributed by atoms with van der Waals surface area (Å²) in [5.74, 6) is 0.395. The molecular formula is C10H12BrClO3. The Labute approximate surface area is 102 Å². The molecule has 0 saturated carbocycles. The van der Waals surface area contributed by atoms with Crippen molar-refractivity contribution >= 4 is 27.5 Å². The Morgan fingerprint density at radius 3 is 2.67 bits per heavy atom. The minimum Gasteiger partial charge on any atom is -0.495 e. The zero-order valence-corrected chi connectivity index (χ0v) is 10.5. The zero-order valence-electron chi connectivity index (χ0n) is 8.15. The first kappa shape index (κ1) is 12.8. The molecule has 0 amide bonds. The average Bonchev–Trinajstić information content (AvgIpc) is 2.26. The lowest BCUT2D eigenvalue weighted by atomic mass is 10.0. The average molecular weight is 296 g/mol. The number of alkyl halides is 1. The summed E-state index contributed by atoms with van der Waals surface area (Å²) in [5, 5.41) is 20.0. The van der Waals surface area contributed by atoms with E-state index in [0.29, 0.717) is 16.3 Å². The number of rotatable bonds is 4. The van der Waals surface area contributed by atoms with Crippen LogP contribution < -0.4 is 4.74 Å². The van der Waals surface area contributed by atoms with Crippen molar-refractivity contribution in [3.8, 4) is 5.75 Å². The fraction of sp³-hybridized carbons (Fsp3) is 0.400. The van der Waals surface area contributed by atoms with Crippen molar-refractivity contribution < 1.29 is 14.9 Å². The summed E-state index contributed by atoms with van der Waals surface area (Å²) >= 11 is 8.99. The van der Waals surface area contributed by atoms with Gasteiger partial charge in [0.25, 0.3) is 0 Å². The lowest BCUT2D eigenvalue weighted by Gasteiger charge is -2.19. The lowest BCUT2D eigenvalue weighted by molar-refractivity contribution is 0.0327. The number of aliphatic hydroxyl groups excluding tert-OH is 2. The second-order valence-electron chi connectivity index (χ2n) is 3.03. The van der Waals surface area contributed by atoms with Gasteiger partial charge in [0.15, 0.2) is 0 Å². The number of ether oxygens (including phenoxy) is 1. The van der Waals surface area contributed by atoms with Gasteiger partial charge in [-0.3, -0.25) is 0 Å². The molecule has 0 heterocycles. The Hall–Kier alpha value is -0.290. The molecule has 1 aromatic carbocycles. The third-order valence-electron chi connectivity index (χ3n) is 2.04. The Morgan fingerprint density at radius 2 is 2.13 bits per heavy atom. The summed E-state index contributed by atoms with van der Waals surface area (Å²) in [7, 11) is 1.47. The molecule has 1 rings (SSSR count). The molecule has 0 aliphatic heterocycles. The lowest BCUT2D eigenvalue weighted by Crippen LogP contribution is -2.20. The molecule has 0 radical (unpaired) electrons. The molecule has 84 valence electrons. The first-order valence-electron chi connectivity index (χ1n) is 4.36. The van der Waals surface area contributed by atoms with Crippen LogP contribution in [0, 0.1) is 0 Å². The summed E-state index contributed by atoms with van der Waals surface area (Å²) in [6.07, 6.45) is -1.91. The van der Waals surface area contributed by atoms with Crippen LogP contribution in [0.25, 0.3) is 0 Å². The minimum atomic E-state index is -1.02. The SMILES string of the molecule is COc1c(Cl)cccc1C(O)C(O)CBr. The molecule has 2 N–H and O–H groups in total. The maximum absolute atomic E-state index is 9.81. The van der Waals surface area contributed by atoms with E-state index >= 15 is 0 Å². The molecule has 0 spiro atoms. The normalized spacial score (nSPS) is 14.7. The van der Waals surface area contributed by atoms with E-state index in [1.165, 1.54) is 7.11 Å². The van der Waals surface area contributed by atoms with Crippen LogP contribution >= 0.6 is 27.5 Å². The first-order valence-corrected chi connectivity index (χ1v) is 5.86. The monoisotopic (exact) mass is 294 g/mol. The van der Waals surface area contributed by atoms with Crippen LogP contribution in [0.15, 0.2) is 18.2 Å². The molecule has 0 aliphatic carbocycles. The largest absolute Gasteiger partial charge is 0.495 e. The van der Waals surface area contributed by atoms with Crippen molar-refractivity contribution in [2.45, 2.75) is 12.2 Å². The van der Waals surface area contributed by atoms with Crippen molar-refractivity contribution in [2.75, 3.05) is 12.4 Å². The highest BCUT2D eigenvalue weighted by atomic mass is 79.9. The molecule has 2 atom stereocenters. The van der Waals surface area contributed by atoms with Crippen LogP contribution in [0.5, 0.6) is 5.75 Å². The van der Waals surface area contributed by atoms with Gasteiger partial charge >= 0.3 is 0 Å². The molecule has 0 saturated heterocycles. The minimum absolute atomic E-state index is 0.282. The molecular weight excluding hydrogens is 283 g/mol. The quantitative estimate of drug-likeness (QED) is 0.837. The molecule has 1 aromatic rings. The number of aliphatic hydroxyl groups is 2. The van der Waals surface area contributed by atoms with Gasteiger partial charge in [-0.05, 0) is 6.07 Å². The standard InChI is InChI=1S/C10H12BrClO3/c1-15-10-6(3-2-4-7(10)12)9(14)8(13)5-11/h2-4,8-9,13-14H,5H2,1H3. The topological polar surface area (TPSA) is 49.7 Å². The van der Waals surface area contributed by atoms with E-state index in [-0.39, 0.29) is 5.33 Å². The molecule has 2 unspecified atom stereocenters. The molecule has 5 heteroatoms. The van der Waals surface area contributed by atoms with E-state index in [1.54, 1.807) is 18.2 Å². The summed E-state index contributed by atoms with van der Waals surface area (Å²) in [4.78, 5) is 0. The summed E-state index contributed by atoms with van der Waals surface area (Å²) in [5.41, 5.74) is 0.483. The maximum Gasteiger partial charge on any atom is 0.143 e. The molecule has 3 nitrogen and oxygen atoms in total. The Kier molecular flexibility index (Phi) is 4.86. The third-order valence-corrected chi connectivity index (χ3v) is 3.00. The van der Waals surface area contributed by atoms with Gasteiger partial charge in [0.1, 0.15) is 11.9 Å². The fourth-order valence-electron chi connectivity index (χ4n) is 1.27. The summed E-state index contributed by atoms with van der Waals surface area (Å²) in [6, 6.07) is 5.03. The Morgan fingerprint density at radius 1 is 1.47 bits per heavy atom. The van der Waals surface area contributed by atoms with Crippen molar-refractivity contribution in [1.29, 1.82) is 0 Å². The second-order valence-corrected chi connectivity index (χ2v) is 4.08. The van der Waals surface area contributed by atoms with Gasteiger partial charge in [-0.1, -0.05) is 39.7 Å². The van der Waals surface area contributed by atoms with Gasteiger partial charge < -0.3 is 14.9 Å². The van der Waals surface area contributed by atoms with Gasteiger partial charge in [-0.2, -0.15) is 0 Å². The third kappa shape index (κ3) is 2.84. The smallest absolute Gasteiger partial charge is 0.143 e. The van der Waals surface area contributed by atoms with E-state index < -0.39 is 12.2 Å². The number of methoxy groups -OCH3 is 1. The number of hydrogen-bond donors (Lipinski definition) is 2. The van der Waals surface area contributed by atoms with Gasteiger partial charge in [-0.15, -0.1) is 0 Å². The van der Waals surface area contributed by atoms with E-state index in [4.69, 9.17) is 16.3 Å². The molecule has 15 heavy (non-hydrogen) atoms. The highest BCUT2D eigenvalue weighted by Gasteiger charge is 2.21. The van der Waals surface area contributed by atoms with Crippen LogP contribution in [0.4, 0.5) is 0 Å². The molecule has 0 aromatic heterocycles. The predicted octanol–water partition coefficient (Wildman–Crippen LogP) is 2.14. The number of benzene rings is 1. The van der Waals surface area contributed by atoms with Crippen molar-refractivity contribution in [3.63, 3.8) is 0 Å². The maximum atomic E-state index is 9.81. The van der Waals surface area contributed by atoms with E-state index in [2.05, 4.69) is 15.9 Å². The van der Waals surface area contributed by atoms with E-state index in [0.717, 1.165) is 0 Å². The van der Waals surface area contributed by atoms with Crippen molar-refractivity contribution in [1.82, 2.24) is 0 Å². The summed E-state index contributed by atoms with van der Waals surface area (Å²) < 4.78 is 5.07. The Balaban J connectivity index is 3.07. The highest BCUT2D eigenvalue weighted by Crippen LogP contribution is 2.33. The number of halogens is 2. The van der Waals surface area contributed by atoms with Crippen LogP contribution in [-0.2, 0) is 0 Å². The first-order chi connectivity index (χ1) is 7.11. The van der Waals surface area contributed by atoms with E-state index in [9.17, 15) is 10.2 Å². The zero-order chi connectivity index (χ0) is 11.4. The van der Waals surface area contributed by atoms with Crippen LogP contribution in [0.2, 0.25) is 5.02 Å². The van der Waals surface area contributed by atoms with Gasteiger partial charge in [-0.25, -0.2) is 0 Å². The highest BCUT2D eigenvalue weighted by molar-refractivity contribution is 9.09. The second kappa shape index (κ2) is 5.70. The number of para-hydroxylation sites is 1. The van der Waals surface area contributed by atoms with Gasteiger partial charge in [0.2, 0.25) is 0 Å². The Bertz CT molecular complexity index is 332. The van der Waals surface area contributed by atoms with Crippen molar-refractivity contribution in [3.05, 3.63) is 28.8 Å². The number of hydrogen-bond acceptors (Lipinski definition) is 3. The summed E-state index contributed by atoms with van der Waals surface area (Å²) in [6.45, 7) is 0. The van der Waals surface area contributed by atoms with Crippen LogP contribution in [0.3, 0.4) is 0 Å². The molecule has 0 bridgehead atoms. The van der Waals surface area contributed by atoms with Gasteiger partial charge in [0, 0.05) is 10.9 Å². The predicted molar refractivity (Wildman–Crippen MR) is 62.8 cm³/mol. The van der Waals surface area contributed by atoms with Crippen LogP contribution in [0.1, 0.15) is 11.7 Å². The van der Waals surface area contributed by atoms with Gasteiger partial charge in [0.05, 0.1) is 18.2 Å². The molecule has 0 fully saturated rings. The van der Waals surface area contributed by atoms with Crippen molar-refractivity contribution in [2.24, 2.45) is 0 Å². The van der Waals surface area contributed by atoms with Crippen LogP contribution in [-0.4, -0.2) is 28.8 Å².